The Bertz CT molecular complexity index is 632. The normalized spacial score (nSPS) is 9.96. The first-order valence-corrected chi connectivity index (χ1v) is 8.48. The van der Waals surface area contributed by atoms with Crippen molar-refractivity contribution >= 4 is 47.7 Å². The number of aryl methyl sites for hydroxylation is 1. The van der Waals surface area contributed by atoms with E-state index in [1.807, 2.05) is 24.3 Å². The maximum Gasteiger partial charge on any atom is 0.220 e. The van der Waals surface area contributed by atoms with Gasteiger partial charge in [0.05, 0.1) is 10.7 Å². The van der Waals surface area contributed by atoms with Crippen LogP contribution in [0.25, 0.3) is 0 Å². The first-order chi connectivity index (χ1) is 10.6. The van der Waals surface area contributed by atoms with Crippen LogP contribution in [0.2, 0.25) is 0 Å². The Morgan fingerprint density at radius 2 is 1.96 bits per heavy atom. The molecule has 134 valence electrons. The molecule has 0 aliphatic heterocycles. The van der Waals surface area contributed by atoms with Crippen LogP contribution in [0.4, 0.5) is 5.69 Å². The molecule has 0 aliphatic rings. The first kappa shape index (κ1) is 22.7. The summed E-state index contributed by atoms with van der Waals surface area (Å²) in [5.74, 6) is 0.521. The number of rotatable bonds is 7. The Labute approximate surface area is 160 Å². The zero-order valence-electron chi connectivity index (χ0n) is 14.0. The Kier molecular flexibility index (Phi) is 10.7. The monoisotopic (exact) mass is 389 g/mol. The van der Waals surface area contributed by atoms with Crippen LogP contribution in [0, 0.1) is 0 Å². The van der Waals surface area contributed by atoms with Gasteiger partial charge in [-0.05, 0) is 18.1 Å². The van der Waals surface area contributed by atoms with Crippen molar-refractivity contribution in [3.05, 3.63) is 45.9 Å². The minimum absolute atomic E-state index is 0. The highest BCUT2D eigenvalue weighted by atomic mass is 35.5. The molecule has 1 aromatic heterocycles. The molecule has 24 heavy (non-hydrogen) atoms. The van der Waals surface area contributed by atoms with Crippen molar-refractivity contribution in [1.29, 1.82) is 0 Å². The number of aromatic nitrogens is 1. The molecular formula is C17H25Cl2N3OS. The molecule has 2 aromatic rings. The number of amides is 1. The Hall–Kier alpha value is -1.30. The van der Waals surface area contributed by atoms with Crippen molar-refractivity contribution in [3.8, 4) is 0 Å². The van der Waals surface area contributed by atoms with Crippen molar-refractivity contribution in [2.45, 2.75) is 39.0 Å². The SMILES string of the molecule is CC(C)c1nc(CCNC(=O)CCc2ccccc2N)cs1.Cl.Cl. The predicted octanol–water partition coefficient (Wildman–Crippen LogP) is 3.98. The average molecular weight is 390 g/mol. The van der Waals surface area contributed by atoms with E-state index in [0.717, 1.165) is 28.4 Å². The maximum absolute atomic E-state index is 11.9. The third-order valence-corrected chi connectivity index (χ3v) is 4.64. The highest BCUT2D eigenvalue weighted by Gasteiger charge is 2.07. The van der Waals surface area contributed by atoms with E-state index in [-0.39, 0.29) is 30.7 Å². The van der Waals surface area contributed by atoms with E-state index >= 15 is 0 Å². The highest BCUT2D eigenvalue weighted by Crippen LogP contribution is 2.19. The van der Waals surface area contributed by atoms with Gasteiger partial charge in [-0.3, -0.25) is 4.79 Å². The van der Waals surface area contributed by atoms with Gasteiger partial charge in [0, 0.05) is 36.4 Å². The first-order valence-electron chi connectivity index (χ1n) is 7.60. The van der Waals surface area contributed by atoms with Crippen LogP contribution in [0.15, 0.2) is 29.6 Å². The number of carbonyl (C=O) groups is 1. The number of para-hydroxylation sites is 1. The van der Waals surface area contributed by atoms with Crippen molar-refractivity contribution in [3.63, 3.8) is 0 Å². The summed E-state index contributed by atoms with van der Waals surface area (Å²) >= 11 is 1.69. The number of carbonyl (C=O) groups excluding carboxylic acids is 1. The van der Waals surface area contributed by atoms with E-state index in [1.165, 1.54) is 0 Å². The molecule has 7 heteroatoms. The minimum Gasteiger partial charge on any atom is -0.399 e. The number of halogens is 2. The van der Waals surface area contributed by atoms with E-state index in [0.29, 0.717) is 25.3 Å². The van der Waals surface area contributed by atoms with Crippen LogP contribution in [-0.2, 0) is 17.6 Å². The molecule has 0 aliphatic carbocycles. The second-order valence-electron chi connectivity index (χ2n) is 5.63. The summed E-state index contributed by atoms with van der Waals surface area (Å²) in [5, 5.41) is 6.17. The molecule has 1 heterocycles. The highest BCUT2D eigenvalue weighted by molar-refractivity contribution is 7.09. The Morgan fingerprint density at radius 1 is 1.25 bits per heavy atom. The fourth-order valence-corrected chi connectivity index (χ4v) is 3.00. The summed E-state index contributed by atoms with van der Waals surface area (Å²) in [6, 6.07) is 7.67. The number of hydrogen-bond donors (Lipinski definition) is 2. The summed E-state index contributed by atoms with van der Waals surface area (Å²) in [6.45, 7) is 4.91. The number of benzene rings is 1. The van der Waals surface area contributed by atoms with Gasteiger partial charge in [-0.2, -0.15) is 0 Å². The van der Waals surface area contributed by atoms with E-state index in [1.54, 1.807) is 11.3 Å². The van der Waals surface area contributed by atoms with Gasteiger partial charge >= 0.3 is 0 Å². The predicted molar refractivity (Wildman–Crippen MR) is 107 cm³/mol. The molecule has 0 unspecified atom stereocenters. The van der Waals surface area contributed by atoms with Crippen LogP contribution in [0.3, 0.4) is 0 Å². The van der Waals surface area contributed by atoms with E-state index < -0.39 is 0 Å². The molecule has 0 radical (unpaired) electrons. The molecule has 0 saturated carbocycles. The van der Waals surface area contributed by atoms with Crippen molar-refractivity contribution < 1.29 is 4.79 Å². The second kappa shape index (κ2) is 11.3. The van der Waals surface area contributed by atoms with Gasteiger partial charge in [-0.15, -0.1) is 36.2 Å². The maximum atomic E-state index is 11.9. The molecular weight excluding hydrogens is 365 g/mol. The van der Waals surface area contributed by atoms with Gasteiger partial charge in [0.1, 0.15) is 0 Å². The van der Waals surface area contributed by atoms with Crippen molar-refractivity contribution in [2.75, 3.05) is 12.3 Å². The number of anilines is 1. The molecule has 1 amide bonds. The molecule has 0 spiro atoms. The largest absolute Gasteiger partial charge is 0.399 e. The summed E-state index contributed by atoms with van der Waals surface area (Å²) < 4.78 is 0. The van der Waals surface area contributed by atoms with Gasteiger partial charge < -0.3 is 11.1 Å². The smallest absolute Gasteiger partial charge is 0.220 e. The van der Waals surface area contributed by atoms with Crippen LogP contribution in [0.5, 0.6) is 0 Å². The topological polar surface area (TPSA) is 68.0 Å². The molecule has 0 saturated heterocycles. The number of hydrogen-bond acceptors (Lipinski definition) is 4. The fraction of sp³-hybridized carbons (Fsp3) is 0.412. The van der Waals surface area contributed by atoms with Crippen LogP contribution >= 0.6 is 36.2 Å². The van der Waals surface area contributed by atoms with Crippen LogP contribution in [-0.4, -0.2) is 17.4 Å². The number of thiazole rings is 1. The third-order valence-electron chi connectivity index (χ3n) is 3.44. The molecule has 4 nitrogen and oxygen atoms in total. The van der Waals surface area contributed by atoms with Gasteiger partial charge in [-0.1, -0.05) is 32.0 Å². The lowest BCUT2D eigenvalue weighted by atomic mass is 10.1. The standard InChI is InChI=1S/C17H23N3OS.2ClH/c1-12(2)17-20-14(11-22-17)9-10-19-16(21)8-7-13-5-3-4-6-15(13)18;;/h3-6,11-12H,7-10,18H2,1-2H3,(H,19,21);2*1H. The molecule has 3 N–H and O–H groups in total. The van der Waals surface area contributed by atoms with Gasteiger partial charge in [0.15, 0.2) is 0 Å². The lowest BCUT2D eigenvalue weighted by Crippen LogP contribution is -2.26. The summed E-state index contributed by atoms with van der Waals surface area (Å²) in [7, 11) is 0. The van der Waals surface area contributed by atoms with Crippen LogP contribution in [0.1, 0.15) is 42.5 Å². The lowest BCUT2D eigenvalue weighted by Gasteiger charge is -2.06. The average Bonchev–Trinajstić information content (AvgIpc) is 2.95. The number of nitrogens with one attached hydrogen (secondary N) is 1. The summed E-state index contributed by atoms with van der Waals surface area (Å²) in [5.41, 5.74) is 8.70. The zero-order valence-corrected chi connectivity index (χ0v) is 16.4. The van der Waals surface area contributed by atoms with Crippen molar-refractivity contribution in [1.82, 2.24) is 10.3 Å². The molecule has 0 bridgehead atoms. The number of nitrogen functional groups attached to an aromatic ring is 1. The molecule has 0 fully saturated rings. The third kappa shape index (κ3) is 7.07. The van der Waals surface area contributed by atoms with Gasteiger partial charge in [0.25, 0.3) is 0 Å². The molecule has 1 aromatic carbocycles. The fourth-order valence-electron chi connectivity index (χ4n) is 2.13. The number of nitrogens with zero attached hydrogens (tertiary/aromatic N) is 1. The van der Waals surface area contributed by atoms with E-state index in [2.05, 4.69) is 29.5 Å². The van der Waals surface area contributed by atoms with Crippen LogP contribution < -0.4 is 11.1 Å². The van der Waals surface area contributed by atoms with E-state index in [4.69, 9.17) is 5.73 Å². The summed E-state index contributed by atoms with van der Waals surface area (Å²) in [6.07, 6.45) is 1.91. The van der Waals surface area contributed by atoms with Gasteiger partial charge in [-0.25, -0.2) is 4.98 Å². The summed E-state index contributed by atoms with van der Waals surface area (Å²) in [4.78, 5) is 16.4. The minimum atomic E-state index is 0. The second-order valence-corrected chi connectivity index (χ2v) is 6.52. The number of nitrogens with two attached hydrogens (primary N) is 1. The molecule has 2 rings (SSSR count). The zero-order chi connectivity index (χ0) is 15.9. The van der Waals surface area contributed by atoms with Gasteiger partial charge in [0.2, 0.25) is 5.91 Å². The molecule has 0 atom stereocenters. The quantitative estimate of drug-likeness (QED) is 0.703. The lowest BCUT2D eigenvalue weighted by molar-refractivity contribution is -0.121. The Morgan fingerprint density at radius 3 is 2.58 bits per heavy atom. The Balaban J connectivity index is 0.00000264. The van der Waals surface area contributed by atoms with E-state index in [9.17, 15) is 4.79 Å². The van der Waals surface area contributed by atoms with Crippen molar-refractivity contribution in [2.24, 2.45) is 0 Å².